The van der Waals surface area contributed by atoms with E-state index in [1.807, 2.05) is 11.4 Å². The molecule has 0 saturated heterocycles. The lowest BCUT2D eigenvalue weighted by molar-refractivity contribution is 0.487. The van der Waals surface area contributed by atoms with Crippen LogP contribution in [0.5, 0.6) is 0 Å². The van der Waals surface area contributed by atoms with Gasteiger partial charge in [0.15, 0.2) is 0 Å². The Balaban J connectivity index is 2.01. The number of unbranched alkanes of at least 4 members (excludes halogenated alkanes) is 1. The zero-order valence-electron chi connectivity index (χ0n) is 10.8. The van der Waals surface area contributed by atoms with Crippen LogP contribution in [-0.2, 0) is 6.54 Å². The molecule has 0 bridgehead atoms. The van der Waals surface area contributed by atoms with Crippen LogP contribution in [-0.4, -0.2) is 16.0 Å². The van der Waals surface area contributed by atoms with Crippen LogP contribution in [0.4, 0.5) is 0 Å². The van der Waals surface area contributed by atoms with Gasteiger partial charge in [-0.2, -0.15) is 0 Å². The van der Waals surface area contributed by atoms with Crippen molar-refractivity contribution in [1.82, 2.24) is 15.3 Å². The van der Waals surface area contributed by atoms with Crippen LogP contribution in [0.15, 0.2) is 16.2 Å². The Bertz CT molecular complexity index is 561. The maximum atomic E-state index is 11.8. The highest BCUT2D eigenvalue weighted by atomic mass is 32.1. The number of nitrogens with one attached hydrogen (secondary N) is 2. The van der Waals surface area contributed by atoms with Crippen molar-refractivity contribution in [3.05, 3.63) is 27.6 Å². The van der Waals surface area contributed by atoms with Gasteiger partial charge in [0, 0.05) is 6.04 Å². The van der Waals surface area contributed by atoms with Crippen LogP contribution in [0.2, 0.25) is 0 Å². The molecule has 0 aliphatic rings. The molecule has 1 unspecified atom stereocenters. The van der Waals surface area contributed by atoms with E-state index < -0.39 is 0 Å². The summed E-state index contributed by atoms with van der Waals surface area (Å²) in [6.45, 7) is 4.97. The molecule has 0 spiro atoms. The Kier molecular flexibility index (Phi) is 4.49. The van der Waals surface area contributed by atoms with E-state index in [1.54, 1.807) is 0 Å². The first-order valence-corrected chi connectivity index (χ1v) is 7.28. The molecule has 0 saturated carbocycles. The largest absolute Gasteiger partial charge is 0.308 e. The topological polar surface area (TPSA) is 57.8 Å². The van der Waals surface area contributed by atoms with E-state index >= 15 is 0 Å². The Hall–Kier alpha value is -1.20. The summed E-state index contributed by atoms with van der Waals surface area (Å²) in [5, 5.41) is 5.29. The van der Waals surface area contributed by atoms with Crippen molar-refractivity contribution in [3.8, 4) is 0 Å². The summed E-state index contributed by atoms with van der Waals surface area (Å²) in [7, 11) is 0. The second-order valence-electron chi connectivity index (χ2n) is 4.57. The molecule has 1 atom stereocenters. The zero-order chi connectivity index (χ0) is 13.0. The minimum atomic E-state index is -0.0342. The monoisotopic (exact) mass is 265 g/mol. The predicted molar refractivity (Wildman–Crippen MR) is 76.1 cm³/mol. The van der Waals surface area contributed by atoms with Crippen LogP contribution in [0, 0.1) is 0 Å². The SMILES string of the molecule is CCCCC(C)NCc1nc2ccsc2c(=O)[nH]1. The normalized spacial score (nSPS) is 13.0. The Morgan fingerprint density at radius 2 is 2.39 bits per heavy atom. The maximum Gasteiger partial charge on any atom is 0.268 e. The fraction of sp³-hybridized carbons (Fsp3) is 0.538. The third kappa shape index (κ3) is 3.17. The molecule has 2 aromatic rings. The van der Waals surface area contributed by atoms with E-state index in [4.69, 9.17) is 0 Å². The number of hydrogen-bond acceptors (Lipinski definition) is 4. The summed E-state index contributed by atoms with van der Waals surface area (Å²) in [6.07, 6.45) is 3.59. The number of nitrogens with zero attached hydrogens (tertiary/aromatic N) is 1. The van der Waals surface area contributed by atoms with Gasteiger partial charge in [-0.15, -0.1) is 11.3 Å². The zero-order valence-corrected chi connectivity index (χ0v) is 11.6. The van der Waals surface area contributed by atoms with Crippen LogP contribution >= 0.6 is 11.3 Å². The van der Waals surface area contributed by atoms with Gasteiger partial charge in [0.1, 0.15) is 10.5 Å². The lowest BCUT2D eigenvalue weighted by Gasteiger charge is -2.12. The summed E-state index contributed by atoms with van der Waals surface area (Å²) < 4.78 is 0.706. The quantitative estimate of drug-likeness (QED) is 0.844. The maximum absolute atomic E-state index is 11.8. The lowest BCUT2D eigenvalue weighted by atomic mass is 10.1. The second-order valence-corrected chi connectivity index (χ2v) is 5.49. The molecular formula is C13H19N3OS. The summed E-state index contributed by atoms with van der Waals surface area (Å²) in [6, 6.07) is 2.34. The van der Waals surface area contributed by atoms with Crippen molar-refractivity contribution in [3.63, 3.8) is 0 Å². The molecule has 18 heavy (non-hydrogen) atoms. The van der Waals surface area contributed by atoms with Crippen LogP contribution in [0.1, 0.15) is 38.9 Å². The Morgan fingerprint density at radius 1 is 1.56 bits per heavy atom. The molecular weight excluding hydrogens is 246 g/mol. The minimum Gasteiger partial charge on any atom is -0.308 e. The van der Waals surface area contributed by atoms with Gasteiger partial charge in [-0.1, -0.05) is 19.8 Å². The van der Waals surface area contributed by atoms with E-state index in [-0.39, 0.29) is 5.56 Å². The minimum absolute atomic E-state index is 0.0342. The first-order valence-electron chi connectivity index (χ1n) is 6.40. The van der Waals surface area contributed by atoms with Gasteiger partial charge in [0.2, 0.25) is 0 Å². The van der Waals surface area contributed by atoms with Crippen molar-refractivity contribution in [2.75, 3.05) is 0 Å². The number of fused-ring (bicyclic) bond motifs is 1. The highest BCUT2D eigenvalue weighted by Gasteiger charge is 2.06. The van der Waals surface area contributed by atoms with Crippen molar-refractivity contribution in [2.24, 2.45) is 0 Å². The Morgan fingerprint density at radius 3 is 3.17 bits per heavy atom. The fourth-order valence-corrected chi connectivity index (χ4v) is 2.61. The van der Waals surface area contributed by atoms with Crippen LogP contribution < -0.4 is 10.9 Å². The second kappa shape index (κ2) is 6.11. The summed E-state index contributed by atoms with van der Waals surface area (Å²) >= 11 is 1.43. The number of aromatic nitrogens is 2. The molecule has 98 valence electrons. The van der Waals surface area contributed by atoms with E-state index in [0.717, 1.165) is 11.9 Å². The van der Waals surface area contributed by atoms with Gasteiger partial charge in [-0.25, -0.2) is 4.98 Å². The van der Waals surface area contributed by atoms with Crippen LogP contribution in [0.25, 0.3) is 10.2 Å². The molecule has 0 amide bonds. The highest BCUT2D eigenvalue weighted by Crippen LogP contribution is 2.13. The third-order valence-electron chi connectivity index (χ3n) is 2.97. The molecule has 2 N–H and O–H groups in total. The Labute approximate surface area is 110 Å². The predicted octanol–water partition coefficient (Wildman–Crippen LogP) is 2.65. The molecule has 0 fully saturated rings. The third-order valence-corrected chi connectivity index (χ3v) is 3.87. The van der Waals surface area contributed by atoms with Crippen molar-refractivity contribution in [1.29, 1.82) is 0 Å². The van der Waals surface area contributed by atoms with E-state index in [2.05, 4.69) is 29.1 Å². The van der Waals surface area contributed by atoms with Gasteiger partial charge in [0.25, 0.3) is 5.56 Å². The molecule has 0 aromatic carbocycles. The van der Waals surface area contributed by atoms with Crippen molar-refractivity contribution < 1.29 is 0 Å². The van der Waals surface area contributed by atoms with Crippen molar-refractivity contribution in [2.45, 2.75) is 45.7 Å². The molecule has 2 aromatic heterocycles. The molecule has 0 aliphatic carbocycles. The molecule has 0 radical (unpaired) electrons. The number of H-pyrrole nitrogens is 1. The summed E-state index contributed by atoms with van der Waals surface area (Å²) in [5.74, 6) is 0.717. The average Bonchev–Trinajstić information content (AvgIpc) is 2.82. The smallest absolute Gasteiger partial charge is 0.268 e. The molecule has 2 heterocycles. The average molecular weight is 265 g/mol. The fourth-order valence-electron chi connectivity index (χ4n) is 1.89. The number of hydrogen-bond donors (Lipinski definition) is 2. The molecule has 2 rings (SSSR count). The van der Waals surface area contributed by atoms with Gasteiger partial charge < -0.3 is 10.3 Å². The first kappa shape index (κ1) is 13.2. The number of thiophene rings is 1. The summed E-state index contributed by atoms with van der Waals surface area (Å²) in [4.78, 5) is 19.0. The lowest BCUT2D eigenvalue weighted by Crippen LogP contribution is -2.27. The number of rotatable bonds is 6. The van der Waals surface area contributed by atoms with E-state index in [1.165, 1.54) is 24.2 Å². The highest BCUT2D eigenvalue weighted by molar-refractivity contribution is 7.17. The van der Waals surface area contributed by atoms with Crippen molar-refractivity contribution >= 4 is 21.6 Å². The number of aromatic amines is 1. The van der Waals surface area contributed by atoms with E-state index in [0.29, 0.717) is 23.1 Å². The molecule has 0 aliphatic heterocycles. The van der Waals surface area contributed by atoms with Gasteiger partial charge in [-0.3, -0.25) is 4.79 Å². The van der Waals surface area contributed by atoms with Gasteiger partial charge >= 0.3 is 0 Å². The first-order chi connectivity index (χ1) is 8.70. The standard InChI is InChI=1S/C13H19N3OS/c1-3-4-5-9(2)14-8-11-15-10-6-7-18-12(10)13(17)16-11/h6-7,9,14H,3-5,8H2,1-2H3,(H,15,16,17). The van der Waals surface area contributed by atoms with E-state index in [9.17, 15) is 4.79 Å². The van der Waals surface area contributed by atoms with Gasteiger partial charge in [0.05, 0.1) is 12.1 Å². The molecule has 4 nitrogen and oxygen atoms in total. The summed E-state index contributed by atoms with van der Waals surface area (Å²) in [5.41, 5.74) is 0.759. The molecule has 5 heteroatoms. The van der Waals surface area contributed by atoms with Gasteiger partial charge in [-0.05, 0) is 24.8 Å². The van der Waals surface area contributed by atoms with Crippen LogP contribution in [0.3, 0.4) is 0 Å².